The van der Waals surface area contributed by atoms with E-state index >= 15 is 0 Å². The second-order valence-electron chi connectivity index (χ2n) is 6.92. The number of ether oxygens (including phenoxy) is 1. The smallest absolute Gasteiger partial charge is 0.338 e. The summed E-state index contributed by atoms with van der Waals surface area (Å²) in [5.74, 6) is -0.733. The van der Waals surface area contributed by atoms with E-state index in [0.717, 1.165) is 42.8 Å². The summed E-state index contributed by atoms with van der Waals surface area (Å²) in [5, 5.41) is 7.37. The summed E-state index contributed by atoms with van der Waals surface area (Å²) >= 11 is 0. The van der Waals surface area contributed by atoms with Gasteiger partial charge in [0.2, 0.25) is 0 Å². The highest BCUT2D eigenvalue weighted by Gasteiger charge is 2.23. The summed E-state index contributed by atoms with van der Waals surface area (Å²) in [6.45, 7) is 5.52. The quantitative estimate of drug-likeness (QED) is 0.837. The minimum absolute atomic E-state index is 0.212. The number of hydrogen-bond donors (Lipinski definition) is 1. The molecule has 1 aromatic carbocycles. The van der Waals surface area contributed by atoms with Crippen LogP contribution in [-0.2, 0) is 9.53 Å². The van der Waals surface area contributed by atoms with E-state index in [-0.39, 0.29) is 11.9 Å². The zero-order valence-electron chi connectivity index (χ0n) is 15.5. The van der Waals surface area contributed by atoms with E-state index in [4.69, 9.17) is 4.74 Å². The van der Waals surface area contributed by atoms with Gasteiger partial charge in [0, 0.05) is 11.7 Å². The molecule has 1 aliphatic rings. The molecule has 0 radical (unpaired) electrons. The Balaban J connectivity index is 1.60. The first kappa shape index (κ1) is 18.2. The molecule has 1 amide bonds. The lowest BCUT2D eigenvalue weighted by molar-refractivity contribution is -0.129. The third kappa shape index (κ3) is 4.12. The van der Waals surface area contributed by atoms with Crippen LogP contribution in [0, 0.1) is 13.8 Å². The van der Waals surface area contributed by atoms with E-state index in [0.29, 0.717) is 5.56 Å². The summed E-state index contributed by atoms with van der Waals surface area (Å²) in [6.07, 6.45) is 3.47. The van der Waals surface area contributed by atoms with Crippen LogP contribution in [0.5, 0.6) is 0 Å². The Morgan fingerprint density at radius 1 is 1.19 bits per heavy atom. The number of nitrogens with zero attached hydrogens (tertiary/aromatic N) is 2. The Hall–Kier alpha value is -2.63. The molecule has 6 heteroatoms. The summed E-state index contributed by atoms with van der Waals surface area (Å²) in [5.41, 5.74) is 3.25. The molecule has 0 bridgehead atoms. The third-order valence-corrected chi connectivity index (χ3v) is 4.71. The number of esters is 1. The van der Waals surface area contributed by atoms with Gasteiger partial charge in [-0.15, -0.1) is 0 Å². The predicted octanol–water partition coefficient (Wildman–Crippen LogP) is 3.09. The van der Waals surface area contributed by atoms with Crippen LogP contribution in [0.4, 0.5) is 0 Å². The number of aryl methyl sites for hydroxylation is 2. The first-order valence-corrected chi connectivity index (χ1v) is 9.09. The largest absolute Gasteiger partial charge is 0.449 e. The highest BCUT2D eigenvalue weighted by atomic mass is 16.5. The van der Waals surface area contributed by atoms with Gasteiger partial charge in [0.25, 0.3) is 5.91 Å². The lowest BCUT2D eigenvalue weighted by atomic mass is 10.2. The van der Waals surface area contributed by atoms with Crippen molar-refractivity contribution in [2.24, 2.45) is 0 Å². The van der Waals surface area contributed by atoms with Gasteiger partial charge in [-0.1, -0.05) is 12.8 Å². The predicted molar refractivity (Wildman–Crippen MR) is 98.3 cm³/mol. The Bertz CT molecular complexity index is 789. The van der Waals surface area contributed by atoms with Gasteiger partial charge in [-0.3, -0.25) is 4.79 Å². The number of hydrogen-bond acceptors (Lipinski definition) is 4. The van der Waals surface area contributed by atoms with Crippen molar-refractivity contribution >= 4 is 11.9 Å². The molecular formula is C20H25N3O3. The summed E-state index contributed by atoms with van der Waals surface area (Å²) < 4.78 is 7.13. The molecule has 1 aromatic heterocycles. The van der Waals surface area contributed by atoms with Gasteiger partial charge in [-0.05, 0) is 63.9 Å². The van der Waals surface area contributed by atoms with E-state index in [1.54, 1.807) is 19.1 Å². The number of carbonyl (C=O) groups excluding carboxylic acids is 2. The van der Waals surface area contributed by atoms with Gasteiger partial charge in [-0.2, -0.15) is 5.10 Å². The van der Waals surface area contributed by atoms with Crippen LogP contribution in [0.1, 0.15) is 54.4 Å². The van der Waals surface area contributed by atoms with Crippen molar-refractivity contribution in [1.82, 2.24) is 15.1 Å². The molecule has 0 saturated heterocycles. The van der Waals surface area contributed by atoms with Crippen LogP contribution in [-0.4, -0.2) is 33.8 Å². The Kier molecular flexibility index (Phi) is 5.40. The standard InChI is InChI=1S/C20H25N3O3/c1-13-12-14(2)23(22-13)18-10-8-16(9-11-18)20(25)26-15(3)19(24)21-17-6-4-5-7-17/h8-12,15,17H,4-7H2,1-3H3,(H,21,24)/t15-/m0/s1. The first-order valence-electron chi connectivity index (χ1n) is 9.09. The average Bonchev–Trinajstić information content (AvgIpc) is 3.24. The minimum atomic E-state index is -0.807. The van der Waals surface area contributed by atoms with Crippen molar-refractivity contribution in [2.75, 3.05) is 0 Å². The first-order chi connectivity index (χ1) is 12.4. The van der Waals surface area contributed by atoms with Crippen LogP contribution >= 0.6 is 0 Å². The molecule has 1 saturated carbocycles. The van der Waals surface area contributed by atoms with Crippen LogP contribution < -0.4 is 5.32 Å². The number of aromatic nitrogens is 2. The van der Waals surface area contributed by atoms with Gasteiger partial charge in [-0.25, -0.2) is 9.48 Å². The molecule has 1 aliphatic carbocycles. The van der Waals surface area contributed by atoms with Crippen LogP contribution in [0.2, 0.25) is 0 Å². The van der Waals surface area contributed by atoms with E-state index in [1.807, 2.05) is 36.7 Å². The maximum Gasteiger partial charge on any atom is 0.338 e. The molecular weight excluding hydrogens is 330 g/mol. The van der Waals surface area contributed by atoms with Crippen molar-refractivity contribution in [3.8, 4) is 5.69 Å². The fourth-order valence-electron chi connectivity index (χ4n) is 3.30. The van der Waals surface area contributed by atoms with Crippen molar-refractivity contribution in [1.29, 1.82) is 0 Å². The Morgan fingerprint density at radius 2 is 1.85 bits per heavy atom. The highest BCUT2D eigenvalue weighted by Crippen LogP contribution is 2.18. The average molecular weight is 355 g/mol. The molecule has 3 rings (SSSR count). The SMILES string of the molecule is Cc1cc(C)n(-c2ccc(C(=O)O[C@@H](C)C(=O)NC3CCCC3)cc2)n1. The van der Waals surface area contributed by atoms with Crippen LogP contribution in [0.15, 0.2) is 30.3 Å². The molecule has 1 heterocycles. The molecule has 0 spiro atoms. The topological polar surface area (TPSA) is 73.2 Å². The van der Waals surface area contributed by atoms with Gasteiger partial charge in [0.05, 0.1) is 16.9 Å². The molecule has 1 fully saturated rings. The monoisotopic (exact) mass is 355 g/mol. The number of nitrogens with one attached hydrogen (secondary N) is 1. The number of rotatable bonds is 5. The molecule has 1 N–H and O–H groups in total. The van der Waals surface area contributed by atoms with Gasteiger partial charge < -0.3 is 10.1 Å². The lowest BCUT2D eigenvalue weighted by Crippen LogP contribution is -2.40. The molecule has 2 aromatic rings. The second kappa shape index (κ2) is 7.72. The van der Waals surface area contributed by atoms with Crippen LogP contribution in [0.25, 0.3) is 5.69 Å². The minimum Gasteiger partial charge on any atom is -0.449 e. The normalized spacial score (nSPS) is 15.7. The van der Waals surface area contributed by atoms with E-state index in [1.165, 1.54) is 0 Å². The van der Waals surface area contributed by atoms with Crippen molar-refractivity contribution in [3.05, 3.63) is 47.3 Å². The number of amides is 1. The Morgan fingerprint density at radius 3 is 2.42 bits per heavy atom. The third-order valence-electron chi connectivity index (χ3n) is 4.71. The lowest BCUT2D eigenvalue weighted by Gasteiger charge is -2.17. The molecule has 1 atom stereocenters. The van der Waals surface area contributed by atoms with E-state index in [2.05, 4.69) is 10.4 Å². The summed E-state index contributed by atoms with van der Waals surface area (Å²) in [6, 6.07) is 9.22. The molecule has 26 heavy (non-hydrogen) atoms. The summed E-state index contributed by atoms with van der Waals surface area (Å²) in [4.78, 5) is 24.4. The zero-order chi connectivity index (χ0) is 18.7. The van der Waals surface area contributed by atoms with Gasteiger partial charge >= 0.3 is 5.97 Å². The number of carbonyl (C=O) groups is 2. The Labute approximate surface area is 153 Å². The highest BCUT2D eigenvalue weighted by molar-refractivity contribution is 5.92. The van der Waals surface area contributed by atoms with E-state index in [9.17, 15) is 9.59 Å². The number of benzene rings is 1. The molecule has 138 valence electrons. The molecule has 0 unspecified atom stereocenters. The fraction of sp³-hybridized carbons (Fsp3) is 0.450. The van der Waals surface area contributed by atoms with E-state index < -0.39 is 12.1 Å². The molecule has 0 aliphatic heterocycles. The maximum absolute atomic E-state index is 12.3. The van der Waals surface area contributed by atoms with Crippen molar-refractivity contribution < 1.29 is 14.3 Å². The zero-order valence-corrected chi connectivity index (χ0v) is 15.5. The van der Waals surface area contributed by atoms with Gasteiger partial charge in [0.1, 0.15) is 0 Å². The van der Waals surface area contributed by atoms with Crippen LogP contribution in [0.3, 0.4) is 0 Å². The maximum atomic E-state index is 12.3. The van der Waals surface area contributed by atoms with Gasteiger partial charge in [0.15, 0.2) is 6.10 Å². The second-order valence-corrected chi connectivity index (χ2v) is 6.92. The summed E-state index contributed by atoms with van der Waals surface area (Å²) in [7, 11) is 0. The molecule has 6 nitrogen and oxygen atoms in total. The van der Waals surface area contributed by atoms with Crippen molar-refractivity contribution in [2.45, 2.75) is 58.6 Å². The van der Waals surface area contributed by atoms with Crippen molar-refractivity contribution in [3.63, 3.8) is 0 Å². The fourth-order valence-corrected chi connectivity index (χ4v) is 3.30.